The van der Waals surface area contributed by atoms with Crippen LogP contribution in [-0.2, 0) is 4.79 Å². The molecular formula is C21H26N2O2. The van der Waals surface area contributed by atoms with Crippen LogP contribution in [0.25, 0.3) is 0 Å². The van der Waals surface area contributed by atoms with E-state index in [0.29, 0.717) is 6.54 Å². The van der Waals surface area contributed by atoms with E-state index in [1.54, 1.807) is 0 Å². The second-order valence-electron chi connectivity index (χ2n) is 6.73. The summed E-state index contributed by atoms with van der Waals surface area (Å²) in [5.74, 6) is 1.06. The zero-order valence-corrected chi connectivity index (χ0v) is 15.0. The van der Waals surface area contributed by atoms with Gasteiger partial charge in [-0.2, -0.15) is 0 Å². The van der Waals surface area contributed by atoms with Crippen molar-refractivity contribution in [1.29, 1.82) is 0 Å². The van der Waals surface area contributed by atoms with Crippen LogP contribution in [0.3, 0.4) is 0 Å². The van der Waals surface area contributed by atoms with Crippen molar-refractivity contribution in [2.24, 2.45) is 0 Å². The number of rotatable bonds is 5. The topological polar surface area (TPSA) is 41.6 Å². The third-order valence-electron chi connectivity index (χ3n) is 4.65. The molecule has 0 aromatic heterocycles. The van der Waals surface area contributed by atoms with Crippen LogP contribution in [0.2, 0.25) is 0 Å². The number of piperidine rings is 1. The van der Waals surface area contributed by atoms with Crippen LogP contribution in [0.15, 0.2) is 48.5 Å². The number of aryl methyl sites for hydroxylation is 2. The summed E-state index contributed by atoms with van der Waals surface area (Å²) in [6.07, 6.45) is 2.13. The molecule has 132 valence electrons. The Morgan fingerprint density at radius 1 is 1.04 bits per heavy atom. The van der Waals surface area contributed by atoms with E-state index >= 15 is 0 Å². The minimum atomic E-state index is 0.0420. The van der Waals surface area contributed by atoms with Crippen molar-refractivity contribution >= 4 is 11.6 Å². The highest BCUT2D eigenvalue weighted by atomic mass is 16.5. The van der Waals surface area contributed by atoms with Crippen molar-refractivity contribution in [2.45, 2.75) is 32.8 Å². The molecule has 1 N–H and O–H groups in total. The Balaban J connectivity index is 1.46. The third kappa shape index (κ3) is 4.83. The van der Waals surface area contributed by atoms with E-state index in [0.717, 1.165) is 37.4 Å². The molecule has 0 saturated carbocycles. The number of nitrogens with one attached hydrogen (secondary N) is 1. The number of para-hydroxylation sites is 2. The van der Waals surface area contributed by atoms with E-state index in [2.05, 4.69) is 42.3 Å². The van der Waals surface area contributed by atoms with E-state index in [1.165, 1.54) is 11.1 Å². The standard InChI is InChI=1S/C21H26N2O2/c1-16-7-6-8-17(2)21(16)25-19-11-13-23(14-12-19)15-20(24)22-18-9-4-3-5-10-18/h3-10,19H,11-15H2,1-2H3,(H,22,24). The minimum absolute atomic E-state index is 0.0420. The molecule has 0 unspecified atom stereocenters. The molecular weight excluding hydrogens is 312 g/mol. The first-order valence-corrected chi connectivity index (χ1v) is 8.92. The zero-order valence-electron chi connectivity index (χ0n) is 15.0. The molecule has 1 aliphatic rings. The van der Waals surface area contributed by atoms with Gasteiger partial charge in [-0.1, -0.05) is 36.4 Å². The number of carbonyl (C=O) groups excluding carboxylic acids is 1. The normalized spacial score (nSPS) is 15.8. The van der Waals surface area contributed by atoms with Gasteiger partial charge in [-0.25, -0.2) is 0 Å². The van der Waals surface area contributed by atoms with Gasteiger partial charge in [0.15, 0.2) is 0 Å². The molecule has 0 spiro atoms. The maximum atomic E-state index is 12.2. The lowest BCUT2D eigenvalue weighted by molar-refractivity contribution is -0.117. The summed E-state index contributed by atoms with van der Waals surface area (Å²) in [5, 5.41) is 2.94. The first-order chi connectivity index (χ1) is 12.1. The Hall–Kier alpha value is -2.33. The Morgan fingerprint density at radius 3 is 2.32 bits per heavy atom. The highest BCUT2D eigenvalue weighted by molar-refractivity contribution is 5.92. The molecule has 2 aromatic carbocycles. The summed E-state index contributed by atoms with van der Waals surface area (Å²) >= 11 is 0. The molecule has 1 amide bonds. The van der Waals surface area contributed by atoms with Crippen molar-refractivity contribution in [1.82, 2.24) is 4.90 Å². The lowest BCUT2D eigenvalue weighted by atomic mass is 10.1. The predicted molar refractivity (Wildman–Crippen MR) is 101 cm³/mol. The fourth-order valence-electron chi connectivity index (χ4n) is 3.26. The number of hydrogen-bond acceptors (Lipinski definition) is 3. The fraction of sp³-hybridized carbons (Fsp3) is 0.381. The highest BCUT2D eigenvalue weighted by Crippen LogP contribution is 2.26. The van der Waals surface area contributed by atoms with Gasteiger partial charge in [-0.05, 0) is 49.9 Å². The summed E-state index contributed by atoms with van der Waals surface area (Å²) in [5.41, 5.74) is 3.22. The maximum Gasteiger partial charge on any atom is 0.238 e. The Labute approximate surface area is 149 Å². The number of anilines is 1. The largest absolute Gasteiger partial charge is 0.490 e. The van der Waals surface area contributed by atoms with Crippen molar-refractivity contribution < 1.29 is 9.53 Å². The molecule has 0 aliphatic carbocycles. The summed E-state index contributed by atoms with van der Waals surface area (Å²) in [6.45, 7) is 6.39. The zero-order chi connectivity index (χ0) is 17.6. The molecule has 3 rings (SSSR count). The molecule has 0 radical (unpaired) electrons. The third-order valence-corrected chi connectivity index (χ3v) is 4.65. The van der Waals surface area contributed by atoms with Crippen molar-refractivity contribution in [3.8, 4) is 5.75 Å². The Bertz CT molecular complexity index is 687. The smallest absolute Gasteiger partial charge is 0.238 e. The molecule has 0 atom stereocenters. The van der Waals surface area contributed by atoms with Crippen molar-refractivity contribution in [3.63, 3.8) is 0 Å². The highest BCUT2D eigenvalue weighted by Gasteiger charge is 2.23. The van der Waals surface area contributed by atoms with Crippen LogP contribution in [0.5, 0.6) is 5.75 Å². The number of benzene rings is 2. The minimum Gasteiger partial charge on any atom is -0.490 e. The van der Waals surface area contributed by atoms with Crippen LogP contribution in [-0.4, -0.2) is 36.5 Å². The van der Waals surface area contributed by atoms with E-state index in [1.807, 2.05) is 30.3 Å². The van der Waals surface area contributed by atoms with E-state index in [-0.39, 0.29) is 12.0 Å². The first kappa shape index (κ1) is 17.5. The molecule has 4 nitrogen and oxygen atoms in total. The Kier molecular flexibility index (Phi) is 5.71. The summed E-state index contributed by atoms with van der Waals surface area (Å²) in [4.78, 5) is 14.4. The van der Waals surface area contributed by atoms with Crippen LogP contribution >= 0.6 is 0 Å². The average molecular weight is 338 g/mol. The number of amides is 1. The van der Waals surface area contributed by atoms with Gasteiger partial charge >= 0.3 is 0 Å². The van der Waals surface area contributed by atoms with Gasteiger partial charge in [0, 0.05) is 18.8 Å². The average Bonchev–Trinajstić information content (AvgIpc) is 2.60. The van der Waals surface area contributed by atoms with Crippen molar-refractivity contribution in [3.05, 3.63) is 59.7 Å². The maximum absolute atomic E-state index is 12.2. The van der Waals surface area contributed by atoms with Crippen LogP contribution in [0.4, 0.5) is 5.69 Å². The summed E-state index contributed by atoms with van der Waals surface area (Å²) < 4.78 is 6.24. The second kappa shape index (κ2) is 8.17. The molecule has 1 saturated heterocycles. The van der Waals surface area contributed by atoms with Gasteiger partial charge in [0.25, 0.3) is 0 Å². The quantitative estimate of drug-likeness (QED) is 0.902. The Morgan fingerprint density at radius 2 is 1.68 bits per heavy atom. The molecule has 1 aliphatic heterocycles. The predicted octanol–water partition coefficient (Wildman–Crippen LogP) is 3.79. The lowest BCUT2D eigenvalue weighted by Gasteiger charge is -2.32. The van der Waals surface area contributed by atoms with E-state index in [9.17, 15) is 4.79 Å². The van der Waals surface area contributed by atoms with Crippen LogP contribution in [0.1, 0.15) is 24.0 Å². The molecule has 1 heterocycles. The van der Waals surface area contributed by atoms with Crippen LogP contribution < -0.4 is 10.1 Å². The van der Waals surface area contributed by atoms with Gasteiger partial charge in [0.05, 0.1) is 6.54 Å². The van der Waals surface area contributed by atoms with Gasteiger partial charge in [-0.3, -0.25) is 9.69 Å². The van der Waals surface area contributed by atoms with Gasteiger partial charge in [0.1, 0.15) is 11.9 Å². The number of nitrogens with zero attached hydrogens (tertiary/aromatic N) is 1. The molecule has 1 fully saturated rings. The summed E-state index contributed by atoms with van der Waals surface area (Å²) in [7, 11) is 0. The monoisotopic (exact) mass is 338 g/mol. The van der Waals surface area contributed by atoms with Gasteiger partial charge in [-0.15, -0.1) is 0 Å². The van der Waals surface area contributed by atoms with Crippen molar-refractivity contribution in [2.75, 3.05) is 25.0 Å². The number of carbonyl (C=O) groups is 1. The summed E-state index contributed by atoms with van der Waals surface area (Å²) in [6, 6.07) is 15.8. The van der Waals surface area contributed by atoms with E-state index < -0.39 is 0 Å². The van der Waals surface area contributed by atoms with Gasteiger partial charge < -0.3 is 10.1 Å². The lowest BCUT2D eigenvalue weighted by Crippen LogP contribution is -2.42. The molecule has 2 aromatic rings. The molecule has 0 bridgehead atoms. The van der Waals surface area contributed by atoms with E-state index in [4.69, 9.17) is 4.74 Å². The number of likely N-dealkylation sites (tertiary alicyclic amines) is 1. The first-order valence-electron chi connectivity index (χ1n) is 8.92. The SMILES string of the molecule is Cc1cccc(C)c1OC1CCN(CC(=O)Nc2ccccc2)CC1. The second-order valence-corrected chi connectivity index (χ2v) is 6.73. The fourth-order valence-corrected chi connectivity index (χ4v) is 3.26. The molecule has 25 heavy (non-hydrogen) atoms. The molecule has 4 heteroatoms. The number of ether oxygens (including phenoxy) is 1. The van der Waals surface area contributed by atoms with Crippen LogP contribution in [0, 0.1) is 13.8 Å². The number of hydrogen-bond donors (Lipinski definition) is 1. The van der Waals surface area contributed by atoms with Gasteiger partial charge in [0.2, 0.25) is 5.91 Å².